The van der Waals surface area contributed by atoms with Gasteiger partial charge in [0.1, 0.15) is 18.8 Å². The van der Waals surface area contributed by atoms with Crippen LogP contribution in [0.15, 0.2) is 36.7 Å². The van der Waals surface area contributed by atoms with E-state index in [1.807, 2.05) is 6.07 Å². The predicted molar refractivity (Wildman–Crippen MR) is 139 cm³/mol. The second-order valence-electron chi connectivity index (χ2n) is 9.72. The molecule has 38 heavy (non-hydrogen) atoms. The molecule has 0 saturated heterocycles. The van der Waals surface area contributed by atoms with Crippen LogP contribution in [0.1, 0.15) is 77.9 Å². The lowest BCUT2D eigenvalue weighted by atomic mass is 10.0. The lowest BCUT2D eigenvalue weighted by molar-refractivity contribution is -0.391. The molecule has 3 aromatic rings. The van der Waals surface area contributed by atoms with Gasteiger partial charge in [-0.25, -0.2) is 14.8 Å². The molecule has 3 heterocycles. The molecular formula is C27H33N7O4+2. The van der Waals surface area contributed by atoms with Gasteiger partial charge in [-0.15, -0.1) is 0 Å². The van der Waals surface area contributed by atoms with E-state index in [0.29, 0.717) is 48.7 Å². The molecule has 2 bridgehead atoms. The van der Waals surface area contributed by atoms with E-state index in [2.05, 4.69) is 41.4 Å². The summed E-state index contributed by atoms with van der Waals surface area (Å²) in [5, 5.41) is 8.74. The summed E-state index contributed by atoms with van der Waals surface area (Å²) in [7, 11) is 1.29. The Morgan fingerprint density at radius 3 is 2.82 bits per heavy atom. The first kappa shape index (κ1) is 25.4. The van der Waals surface area contributed by atoms with Gasteiger partial charge in [0, 0.05) is 23.9 Å². The standard InChI is InChI=1S/C27H31N7O4/c1-38-27(37)31-17-8-9-18-21(11-17)32-24(35)5-3-2-4-20(25-30-14-23(18)33-25)34-26(36)16-10-19(15-6-7-15)22(12-28)29-13-16/h8-11,13-15,20H,2-7,12,28H2,1H3,(H,30,33)(H,31,37)(H,32,35)(H,34,36)/p+2/t20-/m0/s1. The minimum Gasteiger partial charge on any atom is -0.453 e. The summed E-state index contributed by atoms with van der Waals surface area (Å²) in [6.07, 6.45) is 7.47. The van der Waals surface area contributed by atoms with Crippen molar-refractivity contribution >= 4 is 29.3 Å². The number of hydrogen-bond donors (Lipinski definition) is 5. The number of rotatable bonds is 5. The highest BCUT2D eigenvalue weighted by atomic mass is 16.5. The molecule has 1 fully saturated rings. The third-order valence-corrected chi connectivity index (χ3v) is 6.98. The van der Waals surface area contributed by atoms with E-state index in [4.69, 9.17) is 0 Å². The third kappa shape index (κ3) is 5.67. The van der Waals surface area contributed by atoms with Crippen LogP contribution in [0.2, 0.25) is 0 Å². The summed E-state index contributed by atoms with van der Waals surface area (Å²) in [5.41, 5.74) is 9.12. The number of aromatic nitrogens is 3. The highest BCUT2D eigenvalue weighted by Crippen LogP contribution is 2.41. The van der Waals surface area contributed by atoms with E-state index < -0.39 is 6.09 Å². The molecule has 1 aliphatic carbocycles. The van der Waals surface area contributed by atoms with Gasteiger partial charge in [-0.3, -0.25) is 19.9 Å². The van der Waals surface area contributed by atoms with E-state index in [0.717, 1.165) is 47.6 Å². The molecule has 5 rings (SSSR count). The van der Waals surface area contributed by atoms with Gasteiger partial charge in [0.05, 0.1) is 24.1 Å². The maximum absolute atomic E-state index is 13.3. The van der Waals surface area contributed by atoms with Gasteiger partial charge in [-0.05, 0) is 61.4 Å². The molecule has 1 aromatic carbocycles. The molecule has 11 nitrogen and oxygen atoms in total. The van der Waals surface area contributed by atoms with Crippen LogP contribution in [-0.4, -0.2) is 35.0 Å². The number of H-pyrrole nitrogens is 2. The molecule has 198 valence electrons. The van der Waals surface area contributed by atoms with Crippen LogP contribution in [0.5, 0.6) is 0 Å². The largest absolute Gasteiger partial charge is 0.453 e. The van der Waals surface area contributed by atoms with Crippen LogP contribution >= 0.6 is 0 Å². The van der Waals surface area contributed by atoms with Gasteiger partial charge < -0.3 is 21.1 Å². The Kier molecular flexibility index (Phi) is 7.36. The molecule has 1 saturated carbocycles. The number of hydrogen-bond acceptors (Lipinski definition) is 5. The normalized spacial score (nSPS) is 17.3. The van der Waals surface area contributed by atoms with Crippen molar-refractivity contribution in [3.05, 3.63) is 59.3 Å². The summed E-state index contributed by atoms with van der Waals surface area (Å²) >= 11 is 0. The summed E-state index contributed by atoms with van der Waals surface area (Å²) in [4.78, 5) is 48.8. The molecule has 3 amide bonds. The zero-order valence-electron chi connectivity index (χ0n) is 21.4. The van der Waals surface area contributed by atoms with Gasteiger partial charge in [-0.2, -0.15) is 0 Å². The molecule has 11 heteroatoms. The number of nitrogens with one attached hydrogen (secondary N) is 5. The van der Waals surface area contributed by atoms with Crippen LogP contribution in [0.4, 0.5) is 16.2 Å². The number of benzene rings is 1. The predicted octanol–water partition coefficient (Wildman–Crippen LogP) is 2.67. The minimum atomic E-state index is -0.598. The molecule has 2 aliphatic rings. The SMILES string of the molecule is COC(=O)Nc1ccc2c(c1)NC(=O)CCCC[C@H](NC(=O)c1cnc(C[NH3+])c(C3CC3)c1)c1[nH]c-2c[nH+]1. The van der Waals surface area contributed by atoms with E-state index in [9.17, 15) is 14.4 Å². The average molecular weight is 520 g/mol. The van der Waals surface area contributed by atoms with Gasteiger partial charge >= 0.3 is 6.09 Å². The van der Waals surface area contributed by atoms with Crippen molar-refractivity contribution in [1.29, 1.82) is 0 Å². The molecule has 0 unspecified atom stereocenters. The Bertz CT molecular complexity index is 1370. The van der Waals surface area contributed by atoms with Crippen LogP contribution in [-0.2, 0) is 16.1 Å². The molecule has 0 radical (unpaired) electrons. The fourth-order valence-corrected chi connectivity index (χ4v) is 4.80. The molecule has 1 atom stereocenters. The number of anilines is 2. The molecule has 1 aliphatic heterocycles. The summed E-state index contributed by atoms with van der Waals surface area (Å²) in [5.74, 6) is 0.922. The highest BCUT2D eigenvalue weighted by molar-refractivity contribution is 5.97. The Morgan fingerprint density at radius 2 is 2.05 bits per heavy atom. The summed E-state index contributed by atoms with van der Waals surface area (Å²) < 4.78 is 4.67. The van der Waals surface area contributed by atoms with Crippen molar-refractivity contribution in [2.75, 3.05) is 17.7 Å². The van der Waals surface area contributed by atoms with Crippen molar-refractivity contribution in [2.45, 2.75) is 57.0 Å². The number of nitrogens with zero attached hydrogens (tertiary/aromatic N) is 1. The number of amides is 3. The van der Waals surface area contributed by atoms with Crippen molar-refractivity contribution in [3.8, 4) is 11.3 Å². The van der Waals surface area contributed by atoms with Crippen molar-refractivity contribution in [1.82, 2.24) is 15.3 Å². The lowest BCUT2D eigenvalue weighted by Crippen LogP contribution is -2.48. The Hall–Kier alpha value is -4.25. The zero-order chi connectivity index (χ0) is 26.6. The summed E-state index contributed by atoms with van der Waals surface area (Å²) in [6.45, 7) is 0.603. The highest BCUT2D eigenvalue weighted by Gasteiger charge is 2.29. The smallest absolute Gasteiger partial charge is 0.411 e. The zero-order valence-corrected chi connectivity index (χ0v) is 21.4. The fourth-order valence-electron chi connectivity index (χ4n) is 4.80. The quantitative estimate of drug-likeness (QED) is 0.349. The van der Waals surface area contributed by atoms with E-state index in [1.165, 1.54) is 7.11 Å². The van der Waals surface area contributed by atoms with Crippen LogP contribution in [0.25, 0.3) is 11.3 Å². The molecular weight excluding hydrogens is 486 g/mol. The first-order valence-electron chi connectivity index (χ1n) is 12.9. The maximum Gasteiger partial charge on any atom is 0.411 e. The van der Waals surface area contributed by atoms with Gasteiger partial charge in [0.2, 0.25) is 5.91 Å². The number of carbonyl (C=O) groups is 3. The maximum atomic E-state index is 13.3. The number of carbonyl (C=O) groups excluding carboxylic acids is 3. The number of ether oxygens (including phenoxy) is 1. The number of methoxy groups -OCH3 is 1. The lowest BCUT2D eigenvalue weighted by Gasteiger charge is -2.16. The second kappa shape index (κ2) is 11.0. The van der Waals surface area contributed by atoms with Crippen molar-refractivity contribution in [2.24, 2.45) is 0 Å². The van der Waals surface area contributed by atoms with E-state index in [1.54, 1.807) is 30.6 Å². The molecule has 2 aromatic heterocycles. The number of pyridine rings is 1. The Balaban J connectivity index is 1.42. The van der Waals surface area contributed by atoms with Crippen molar-refractivity contribution < 1.29 is 29.8 Å². The Labute approximate surface area is 220 Å². The second-order valence-corrected chi connectivity index (χ2v) is 9.72. The summed E-state index contributed by atoms with van der Waals surface area (Å²) in [6, 6.07) is 6.88. The Morgan fingerprint density at radius 1 is 1.21 bits per heavy atom. The van der Waals surface area contributed by atoms with E-state index >= 15 is 0 Å². The van der Waals surface area contributed by atoms with Crippen LogP contribution < -0.4 is 26.7 Å². The number of aromatic amines is 2. The van der Waals surface area contributed by atoms with E-state index in [-0.39, 0.29) is 17.9 Å². The van der Waals surface area contributed by atoms with Gasteiger partial charge in [0.15, 0.2) is 5.69 Å². The first-order valence-corrected chi connectivity index (χ1v) is 12.9. The molecule has 0 spiro atoms. The number of fused-ring (bicyclic) bond motifs is 4. The van der Waals surface area contributed by atoms with Gasteiger partial charge in [-0.1, -0.05) is 6.42 Å². The topological polar surface area (TPSA) is 167 Å². The number of quaternary nitrogens is 1. The van der Waals surface area contributed by atoms with Crippen LogP contribution in [0, 0.1) is 0 Å². The third-order valence-electron chi connectivity index (χ3n) is 6.98. The van der Waals surface area contributed by atoms with Gasteiger partial charge in [0.25, 0.3) is 11.7 Å². The minimum absolute atomic E-state index is 0.123. The number of imidazole rings is 1. The average Bonchev–Trinajstić information content (AvgIpc) is 3.65. The fraction of sp³-hybridized carbons (Fsp3) is 0.370. The van der Waals surface area contributed by atoms with Crippen molar-refractivity contribution in [3.63, 3.8) is 0 Å². The monoisotopic (exact) mass is 519 g/mol. The van der Waals surface area contributed by atoms with Crippen LogP contribution in [0.3, 0.4) is 0 Å². The first-order chi connectivity index (χ1) is 18.4. The molecule has 8 N–H and O–H groups in total.